The SMILES string of the molecule is C#CCNC(=O)c1ccc(NCc2ccc(CS(=O)(=O)NC(C)C)cc2)nc1. The Balaban J connectivity index is 1.89. The number of hydrogen-bond donors (Lipinski definition) is 3. The van der Waals surface area contributed by atoms with Gasteiger partial charge in [-0.15, -0.1) is 6.42 Å². The van der Waals surface area contributed by atoms with Crippen LogP contribution < -0.4 is 15.4 Å². The number of nitrogens with zero attached hydrogens (tertiary/aromatic N) is 1. The first-order chi connectivity index (χ1) is 13.3. The van der Waals surface area contributed by atoms with Gasteiger partial charge in [-0.25, -0.2) is 18.1 Å². The van der Waals surface area contributed by atoms with Crippen molar-refractivity contribution in [3.8, 4) is 12.3 Å². The number of anilines is 1. The van der Waals surface area contributed by atoms with Crippen molar-refractivity contribution < 1.29 is 13.2 Å². The molecular weight excluding hydrogens is 376 g/mol. The predicted molar refractivity (Wildman–Crippen MR) is 110 cm³/mol. The molecule has 0 unspecified atom stereocenters. The summed E-state index contributed by atoms with van der Waals surface area (Å²) in [6.07, 6.45) is 6.58. The number of sulfonamides is 1. The Morgan fingerprint density at radius 1 is 1.14 bits per heavy atom. The molecular formula is C20H24N4O3S. The third-order valence-corrected chi connectivity index (χ3v) is 5.19. The largest absolute Gasteiger partial charge is 0.366 e. The van der Waals surface area contributed by atoms with Crippen LogP contribution in [0.3, 0.4) is 0 Å². The smallest absolute Gasteiger partial charge is 0.253 e. The number of hydrogen-bond acceptors (Lipinski definition) is 5. The van der Waals surface area contributed by atoms with Gasteiger partial charge in [0, 0.05) is 18.8 Å². The van der Waals surface area contributed by atoms with Crippen LogP contribution in [0.5, 0.6) is 0 Å². The number of aromatic nitrogens is 1. The molecule has 28 heavy (non-hydrogen) atoms. The molecule has 2 aromatic rings. The van der Waals surface area contributed by atoms with Crippen molar-refractivity contribution in [2.24, 2.45) is 0 Å². The highest BCUT2D eigenvalue weighted by Gasteiger charge is 2.12. The van der Waals surface area contributed by atoms with Crippen LogP contribution in [0.4, 0.5) is 5.82 Å². The third kappa shape index (κ3) is 7.02. The number of rotatable bonds is 9. The van der Waals surface area contributed by atoms with E-state index in [1.54, 1.807) is 38.1 Å². The van der Waals surface area contributed by atoms with E-state index in [0.29, 0.717) is 17.9 Å². The molecule has 1 amide bonds. The minimum absolute atomic E-state index is 0.0519. The van der Waals surface area contributed by atoms with Gasteiger partial charge < -0.3 is 10.6 Å². The first-order valence-corrected chi connectivity index (χ1v) is 10.4. The number of carbonyl (C=O) groups excluding carboxylic acids is 1. The van der Waals surface area contributed by atoms with Crippen LogP contribution in [0.15, 0.2) is 42.6 Å². The van der Waals surface area contributed by atoms with E-state index in [9.17, 15) is 13.2 Å². The molecule has 0 saturated carbocycles. The summed E-state index contributed by atoms with van der Waals surface area (Å²) in [5.41, 5.74) is 2.13. The highest BCUT2D eigenvalue weighted by Crippen LogP contribution is 2.11. The summed E-state index contributed by atoms with van der Waals surface area (Å²) < 4.78 is 26.5. The number of nitrogens with one attached hydrogen (secondary N) is 3. The lowest BCUT2D eigenvalue weighted by molar-refractivity contribution is 0.0958. The van der Waals surface area contributed by atoms with E-state index in [2.05, 4.69) is 26.3 Å². The summed E-state index contributed by atoms with van der Waals surface area (Å²) in [6, 6.07) is 10.6. The van der Waals surface area contributed by atoms with Crippen molar-refractivity contribution in [1.82, 2.24) is 15.0 Å². The number of pyridine rings is 1. The fourth-order valence-electron chi connectivity index (χ4n) is 2.43. The summed E-state index contributed by atoms with van der Waals surface area (Å²) >= 11 is 0. The summed E-state index contributed by atoms with van der Waals surface area (Å²) in [5.74, 6) is 2.65. The molecule has 3 N–H and O–H groups in total. The molecule has 0 aliphatic heterocycles. The lowest BCUT2D eigenvalue weighted by Crippen LogP contribution is -2.31. The zero-order chi connectivity index (χ0) is 20.6. The van der Waals surface area contributed by atoms with Gasteiger partial charge in [-0.05, 0) is 37.1 Å². The fourth-order valence-corrected chi connectivity index (χ4v) is 3.87. The highest BCUT2D eigenvalue weighted by molar-refractivity contribution is 7.88. The van der Waals surface area contributed by atoms with Crippen molar-refractivity contribution in [3.63, 3.8) is 0 Å². The first-order valence-electron chi connectivity index (χ1n) is 8.78. The molecule has 0 atom stereocenters. The lowest BCUT2D eigenvalue weighted by atomic mass is 10.1. The van der Waals surface area contributed by atoms with Crippen LogP contribution in [0.2, 0.25) is 0 Å². The summed E-state index contributed by atoms with van der Waals surface area (Å²) in [6.45, 7) is 4.27. The summed E-state index contributed by atoms with van der Waals surface area (Å²) in [7, 11) is -3.34. The Hall–Kier alpha value is -2.89. The van der Waals surface area contributed by atoms with Crippen molar-refractivity contribution in [2.75, 3.05) is 11.9 Å². The second-order valence-corrected chi connectivity index (χ2v) is 8.27. The van der Waals surface area contributed by atoms with Gasteiger partial charge in [0.15, 0.2) is 0 Å². The van der Waals surface area contributed by atoms with Crippen LogP contribution in [-0.4, -0.2) is 31.9 Å². The Kier molecular flexibility index (Phi) is 7.55. The molecule has 0 radical (unpaired) electrons. The molecule has 1 aromatic carbocycles. The molecule has 1 aromatic heterocycles. The molecule has 0 aliphatic rings. The maximum absolute atomic E-state index is 12.0. The van der Waals surface area contributed by atoms with Crippen molar-refractivity contribution >= 4 is 21.7 Å². The van der Waals surface area contributed by atoms with Crippen LogP contribution in [0, 0.1) is 12.3 Å². The molecule has 7 nitrogen and oxygen atoms in total. The van der Waals surface area contributed by atoms with Crippen molar-refractivity contribution in [2.45, 2.75) is 32.2 Å². The molecule has 8 heteroatoms. The lowest BCUT2D eigenvalue weighted by Gasteiger charge is -2.10. The quantitative estimate of drug-likeness (QED) is 0.558. The average Bonchev–Trinajstić information content (AvgIpc) is 2.64. The number of amides is 1. The van der Waals surface area contributed by atoms with E-state index in [1.165, 1.54) is 6.20 Å². The van der Waals surface area contributed by atoms with E-state index in [-0.39, 0.29) is 24.2 Å². The van der Waals surface area contributed by atoms with E-state index >= 15 is 0 Å². The Labute approximate surface area is 166 Å². The minimum Gasteiger partial charge on any atom is -0.366 e. The maximum Gasteiger partial charge on any atom is 0.253 e. The van der Waals surface area contributed by atoms with Crippen LogP contribution in [0.1, 0.15) is 35.3 Å². The van der Waals surface area contributed by atoms with E-state index < -0.39 is 10.0 Å². The zero-order valence-electron chi connectivity index (χ0n) is 15.9. The van der Waals surface area contributed by atoms with Crippen molar-refractivity contribution in [1.29, 1.82) is 0 Å². The zero-order valence-corrected chi connectivity index (χ0v) is 16.7. The first kappa shape index (κ1) is 21.4. The molecule has 148 valence electrons. The third-order valence-electron chi connectivity index (χ3n) is 3.65. The van der Waals surface area contributed by atoms with Crippen molar-refractivity contribution in [3.05, 3.63) is 59.3 Å². The molecule has 0 saturated heterocycles. The second kappa shape index (κ2) is 9.88. The number of terminal acetylenes is 1. The minimum atomic E-state index is -3.34. The molecule has 0 spiro atoms. The van der Waals surface area contributed by atoms with Gasteiger partial charge in [-0.2, -0.15) is 0 Å². The van der Waals surface area contributed by atoms with Gasteiger partial charge in [0.1, 0.15) is 5.82 Å². The normalized spacial score (nSPS) is 11.1. The fraction of sp³-hybridized carbons (Fsp3) is 0.300. The van der Waals surface area contributed by atoms with Gasteiger partial charge in [0.25, 0.3) is 5.91 Å². The number of carbonyl (C=O) groups is 1. The topological polar surface area (TPSA) is 100 Å². The van der Waals surface area contributed by atoms with E-state index in [1.807, 2.05) is 12.1 Å². The van der Waals surface area contributed by atoms with E-state index in [0.717, 1.165) is 11.1 Å². The maximum atomic E-state index is 12.0. The molecule has 0 fully saturated rings. The average molecular weight is 401 g/mol. The van der Waals surface area contributed by atoms with E-state index in [4.69, 9.17) is 6.42 Å². The Bertz CT molecular complexity index is 931. The highest BCUT2D eigenvalue weighted by atomic mass is 32.2. The molecule has 0 aliphatic carbocycles. The predicted octanol–water partition coefficient (Wildman–Crippen LogP) is 1.88. The number of benzene rings is 1. The second-order valence-electron chi connectivity index (χ2n) is 6.52. The summed E-state index contributed by atoms with van der Waals surface area (Å²) in [4.78, 5) is 16.0. The van der Waals surface area contributed by atoms with Crippen LogP contribution in [0.25, 0.3) is 0 Å². The standard InChI is InChI=1S/C20H24N4O3S/c1-4-11-21-20(25)18-9-10-19(23-13-18)22-12-16-5-7-17(8-6-16)14-28(26,27)24-15(2)3/h1,5-10,13,15,24H,11-12,14H2,2-3H3,(H,21,25)(H,22,23). The van der Waals surface area contributed by atoms with Gasteiger partial charge in [-0.3, -0.25) is 4.79 Å². The van der Waals surface area contributed by atoms with Gasteiger partial charge >= 0.3 is 0 Å². The van der Waals surface area contributed by atoms with Gasteiger partial charge in [0.2, 0.25) is 10.0 Å². The molecule has 1 heterocycles. The Morgan fingerprint density at radius 2 is 1.82 bits per heavy atom. The molecule has 2 rings (SSSR count). The van der Waals surface area contributed by atoms with Crippen LogP contribution >= 0.6 is 0 Å². The monoisotopic (exact) mass is 400 g/mol. The van der Waals surface area contributed by atoms with Gasteiger partial charge in [0.05, 0.1) is 17.9 Å². The Morgan fingerprint density at radius 3 is 2.39 bits per heavy atom. The molecule has 0 bridgehead atoms. The van der Waals surface area contributed by atoms with Crippen LogP contribution in [-0.2, 0) is 22.3 Å². The van der Waals surface area contributed by atoms with Gasteiger partial charge in [-0.1, -0.05) is 30.2 Å². The summed E-state index contributed by atoms with van der Waals surface area (Å²) in [5, 5.41) is 5.73.